The Hall–Kier alpha value is -0.890. The van der Waals surface area contributed by atoms with Gasteiger partial charge in [0, 0.05) is 25.8 Å². The van der Waals surface area contributed by atoms with E-state index in [-0.39, 0.29) is 30.1 Å². The molecule has 1 aliphatic heterocycles. The van der Waals surface area contributed by atoms with Crippen LogP contribution in [0, 0.1) is 6.92 Å². The minimum atomic E-state index is -0.160. The van der Waals surface area contributed by atoms with Crippen molar-refractivity contribution < 1.29 is 5.11 Å². The van der Waals surface area contributed by atoms with Crippen molar-refractivity contribution in [2.45, 2.75) is 39.3 Å². The number of aliphatic hydroxyl groups excluding tert-OH is 1. The summed E-state index contributed by atoms with van der Waals surface area (Å²) in [5.74, 6) is 0.921. The molecule has 1 saturated heterocycles. The number of piperidine rings is 1. The van der Waals surface area contributed by atoms with Gasteiger partial charge in [0.1, 0.15) is 0 Å². The number of nitrogens with one attached hydrogen (secondary N) is 1. The van der Waals surface area contributed by atoms with Gasteiger partial charge in [-0.15, -0.1) is 24.0 Å². The zero-order chi connectivity index (χ0) is 14.4. The molecule has 1 aromatic rings. The Balaban J connectivity index is 0.00000220. The average Bonchev–Trinajstić information content (AvgIpc) is 2.46. The summed E-state index contributed by atoms with van der Waals surface area (Å²) in [6, 6.07) is 4.00. The highest BCUT2D eigenvalue weighted by atomic mass is 127. The molecule has 2 N–H and O–H groups in total. The van der Waals surface area contributed by atoms with Crippen molar-refractivity contribution in [2.24, 2.45) is 4.99 Å². The molecule has 1 aromatic heterocycles. The molecule has 0 aliphatic carbocycles. The molecule has 21 heavy (non-hydrogen) atoms. The molecule has 2 heterocycles. The van der Waals surface area contributed by atoms with E-state index in [0.717, 1.165) is 44.1 Å². The van der Waals surface area contributed by atoms with E-state index < -0.39 is 0 Å². The Labute approximate surface area is 143 Å². The summed E-state index contributed by atoms with van der Waals surface area (Å²) < 4.78 is 0. The van der Waals surface area contributed by atoms with Crippen LogP contribution < -0.4 is 5.32 Å². The SMILES string of the molecule is CCNC(=NCc1ncccc1C)N1CCC(O)CC1.I. The molecule has 1 fully saturated rings. The first-order chi connectivity index (χ1) is 9.70. The minimum Gasteiger partial charge on any atom is -0.393 e. The van der Waals surface area contributed by atoms with Gasteiger partial charge in [0.2, 0.25) is 0 Å². The van der Waals surface area contributed by atoms with Gasteiger partial charge < -0.3 is 15.3 Å². The average molecular weight is 404 g/mol. The largest absolute Gasteiger partial charge is 0.393 e. The number of halogens is 1. The number of aliphatic imine (C=N–C) groups is 1. The van der Waals surface area contributed by atoms with Gasteiger partial charge in [-0.3, -0.25) is 4.98 Å². The fraction of sp³-hybridized carbons (Fsp3) is 0.600. The number of pyridine rings is 1. The third-order valence-corrected chi connectivity index (χ3v) is 3.60. The highest BCUT2D eigenvalue weighted by Crippen LogP contribution is 2.11. The maximum atomic E-state index is 9.59. The molecule has 0 unspecified atom stereocenters. The lowest BCUT2D eigenvalue weighted by Gasteiger charge is -2.32. The highest BCUT2D eigenvalue weighted by molar-refractivity contribution is 14.0. The van der Waals surface area contributed by atoms with Gasteiger partial charge in [-0.05, 0) is 38.3 Å². The first kappa shape index (κ1) is 18.2. The number of aromatic nitrogens is 1. The Kier molecular flexibility index (Phi) is 7.95. The molecule has 0 radical (unpaired) electrons. The highest BCUT2D eigenvalue weighted by Gasteiger charge is 2.19. The molecule has 0 aromatic carbocycles. The van der Waals surface area contributed by atoms with E-state index in [0.29, 0.717) is 6.54 Å². The monoisotopic (exact) mass is 404 g/mol. The predicted molar refractivity (Wildman–Crippen MR) is 96.0 cm³/mol. The zero-order valence-electron chi connectivity index (χ0n) is 12.7. The Morgan fingerprint density at radius 1 is 1.48 bits per heavy atom. The Morgan fingerprint density at radius 3 is 2.81 bits per heavy atom. The molecule has 0 amide bonds. The maximum absolute atomic E-state index is 9.59. The van der Waals surface area contributed by atoms with Crippen LogP contribution in [-0.2, 0) is 6.54 Å². The predicted octanol–water partition coefficient (Wildman–Crippen LogP) is 1.93. The molecule has 118 valence electrons. The van der Waals surface area contributed by atoms with Crippen LogP contribution in [0.3, 0.4) is 0 Å². The molecule has 0 bridgehead atoms. The van der Waals surface area contributed by atoms with Crippen molar-refractivity contribution in [3.05, 3.63) is 29.6 Å². The van der Waals surface area contributed by atoms with Crippen molar-refractivity contribution in [1.29, 1.82) is 0 Å². The molecule has 0 saturated carbocycles. The van der Waals surface area contributed by atoms with Crippen molar-refractivity contribution in [1.82, 2.24) is 15.2 Å². The molecular weight excluding hydrogens is 379 g/mol. The normalized spacial score (nSPS) is 16.5. The van der Waals surface area contributed by atoms with E-state index in [1.165, 1.54) is 5.56 Å². The van der Waals surface area contributed by atoms with Gasteiger partial charge in [-0.1, -0.05) is 6.07 Å². The topological polar surface area (TPSA) is 60.8 Å². The van der Waals surface area contributed by atoms with E-state index in [4.69, 9.17) is 0 Å². The summed E-state index contributed by atoms with van der Waals surface area (Å²) in [6.45, 7) is 7.28. The number of rotatable bonds is 3. The van der Waals surface area contributed by atoms with Crippen LogP contribution >= 0.6 is 24.0 Å². The van der Waals surface area contributed by atoms with Crippen LogP contribution in [0.1, 0.15) is 31.0 Å². The summed E-state index contributed by atoms with van der Waals surface area (Å²) in [6.07, 6.45) is 3.27. The van der Waals surface area contributed by atoms with Crippen LogP contribution in [0.5, 0.6) is 0 Å². The maximum Gasteiger partial charge on any atom is 0.194 e. The number of likely N-dealkylation sites (tertiary alicyclic amines) is 1. The third kappa shape index (κ3) is 5.43. The molecule has 2 rings (SSSR count). The van der Waals surface area contributed by atoms with Gasteiger partial charge in [-0.25, -0.2) is 4.99 Å². The Morgan fingerprint density at radius 2 is 2.19 bits per heavy atom. The van der Waals surface area contributed by atoms with Gasteiger partial charge in [0.05, 0.1) is 18.3 Å². The van der Waals surface area contributed by atoms with Gasteiger partial charge in [-0.2, -0.15) is 0 Å². The number of hydrogen-bond acceptors (Lipinski definition) is 3. The van der Waals surface area contributed by atoms with Crippen molar-refractivity contribution in [2.75, 3.05) is 19.6 Å². The van der Waals surface area contributed by atoms with E-state index >= 15 is 0 Å². The molecule has 5 nitrogen and oxygen atoms in total. The molecule has 0 atom stereocenters. The van der Waals surface area contributed by atoms with E-state index in [1.807, 2.05) is 12.3 Å². The molecule has 0 spiro atoms. The lowest BCUT2D eigenvalue weighted by molar-refractivity contribution is 0.108. The summed E-state index contributed by atoms with van der Waals surface area (Å²) >= 11 is 0. The van der Waals surface area contributed by atoms with Crippen LogP contribution in [-0.4, -0.2) is 46.7 Å². The number of hydrogen-bond donors (Lipinski definition) is 2. The zero-order valence-corrected chi connectivity index (χ0v) is 15.1. The Bertz CT molecular complexity index is 459. The van der Waals surface area contributed by atoms with Crippen LogP contribution in [0.15, 0.2) is 23.3 Å². The number of guanidine groups is 1. The third-order valence-electron chi connectivity index (χ3n) is 3.60. The van der Waals surface area contributed by atoms with Crippen LogP contribution in [0.25, 0.3) is 0 Å². The first-order valence-corrected chi connectivity index (χ1v) is 7.32. The van der Waals surface area contributed by atoms with Gasteiger partial charge >= 0.3 is 0 Å². The quantitative estimate of drug-likeness (QED) is 0.459. The number of aliphatic hydroxyl groups is 1. The standard InChI is InChI=1S/C15H24N4O.HI/c1-3-16-15(19-9-6-13(20)7-10-19)18-11-14-12(2)5-4-8-17-14;/h4-5,8,13,20H,3,6-7,9-11H2,1-2H3,(H,16,18);1H. The summed E-state index contributed by atoms with van der Waals surface area (Å²) in [7, 11) is 0. The lowest BCUT2D eigenvalue weighted by Crippen LogP contribution is -2.46. The fourth-order valence-electron chi connectivity index (χ4n) is 2.34. The molecular formula is C15H25IN4O. The first-order valence-electron chi connectivity index (χ1n) is 7.32. The second kappa shape index (κ2) is 9.19. The second-order valence-electron chi connectivity index (χ2n) is 5.16. The number of aryl methyl sites for hydroxylation is 1. The molecule has 1 aliphatic rings. The lowest BCUT2D eigenvalue weighted by atomic mass is 10.1. The van der Waals surface area contributed by atoms with Crippen molar-refractivity contribution >= 4 is 29.9 Å². The number of nitrogens with zero attached hydrogens (tertiary/aromatic N) is 3. The van der Waals surface area contributed by atoms with Crippen LogP contribution in [0.2, 0.25) is 0 Å². The summed E-state index contributed by atoms with van der Waals surface area (Å²) in [5, 5.41) is 12.9. The van der Waals surface area contributed by atoms with E-state index in [2.05, 4.69) is 40.1 Å². The van der Waals surface area contributed by atoms with Crippen LogP contribution in [0.4, 0.5) is 0 Å². The fourth-order valence-corrected chi connectivity index (χ4v) is 2.34. The van der Waals surface area contributed by atoms with Crippen molar-refractivity contribution in [3.63, 3.8) is 0 Å². The summed E-state index contributed by atoms with van der Waals surface area (Å²) in [4.78, 5) is 11.3. The molecule has 6 heteroatoms. The van der Waals surface area contributed by atoms with Crippen molar-refractivity contribution in [3.8, 4) is 0 Å². The van der Waals surface area contributed by atoms with Gasteiger partial charge in [0.25, 0.3) is 0 Å². The summed E-state index contributed by atoms with van der Waals surface area (Å²) in [5.41, 5.74) is 2.18. The second-order valence-corrected chi connectivity index (χ2v) is 5.16. The van der Waals surface area contributed by atoms with E-state index in [1.54, 1.807) is 0 Å². The van der Waals surface area contributed by atoms with E-state index in [9.17, 15) is 5.11 Å². The smallest absolute Gasteiger partial charge is 0.194 e. The van der Waals surface area contributed by atoms with Gasteiger partial charge in [0.15, 0.2) is 5.96 Å². The minimum absolute atomic E-state index is 0.